The van der Waals surface area contributed by atoms with Crippen LogP contribution in [0.3, 0.4) is 0 Å². The molecular weight excluding hydrogens is 396 g/mol. The van der Waals surface area contributed by atoms with Gasteiger partial charge in [0.15, 0.2) is 0 Å². The number of methoxy groups -OCH3 is 1. The first-order chi connectivity index (χ1) is 14.5. The fourth-order valence-electron chi connectivity index (χ4n) is 3.56. The van der Waals surface area contributed by atoms with Crippen molar-refractivity contribution in [2.75, 3.05) is 7.11 Å². The number of aryl methyl sites for hydroxylation is 1. The summed E-state index contributed by atoms with van der Waals surface area (Å²) in [5.74, 6) is -0.432. The number of aliphatic carboxylic acids is 1. The second-order valence-electron chi connectivity index (χ2n) is 6.71. The molecule has 30 heavy (non-hydrogen) atoms. The fraction of sp³-hybridized carbons (Fsp3) is 0.0833. The number of hydrogen-bond acceptors (Lipinski definition) is 4. The van der Waals surface area contributed by atoms with Gasteiger partial charge in [-0.25, -0.2) is 4.79 Å². The van der Waals surface area contributed by atoms with Crippen molar-refractivity contribution in [2.24, 2.45) is 0 Å². The number of ether oxygens (including phenoxy) is 1. The van der Waals surface area contributed by atoms with Crippen molar-refractivity contribution in [1.29, 1.82) is 5.26 Å². The molecule has 0 saturated heterocycles. The monoisotopic (exact) mass is 414 g/mol. The summed E-state index contributed by atoms with van der Waals surface area (Å²) in [7, 11) is 1.64. The summed E-state index contributed by atoms with van der Waals surface area (Å²) in [5, 5.41) is 18.2. The number of nitriles is 1. The van der Waals surface area contributed by atoms with Crippen LogP contribution in [-0.2, 0) is 4.79 Å². The van der Waals surface area contributed by atoms with Gasteiger partial charge in [0.2, 0.25) is 0 Å². The van der Waals surface area contributed by atoms with Crippen LogP contribution in [0.5, 0.6) is 5.75 Å². The van der Waals surface area contributed by atoms with E-state index < -0.39 is 5.97 Å². The van der Waals surface area contributed by atoms with Crippen molar-refractivity contribution in [1.82, 2.24) is 4.40 Å². The molecule has 1 aromatic carbocycles. The molecule has 0 amide bonds. The highest BCUT2D eigenvalue weighted by atomic mass is 32.1. The number of carboxylic acids is 1. The van der Waals surface area contributed by atoms with Crippen molar-refractivity contribution in [2.45, 2.75) is 6.92 Å². The topological polar surface area (TPSA) is 74.7 Å². The molecule has 0 atom stereocenters. The van der Waals surface area contributed by atoms with Gasteiger partial charge >= 0.3 is 5.97 Å². The number of fused-ring (bicyclic) bond motifs is 1. The molecule has 3 heterocycles. The third-order valence-electron chi connectivity index (χ3n) is 4.97. The van der Waals surface area contributed by atoms with Crippen molar-refractivity contribution in [3.05, 3.63) is 76.8 Å². The van der Waals surface area contributed by atoms with Crippen LogP contribution in [0, 0.1) is 18.3 Å². The zero-order valence-corrected chi connectivity index (χ0v) is 17.2. The van der Waals surface area contributed by atoms with Crippen LogP contribution in [0.4, 0.5) is 0 Å². The predicted molar refractivity (Wildman–Crippen MR) is 119 cm³/mol. The van der Waals surface area contributed by atoms with Gasteiger partial charge in [-0.2, -0.15) is 5.26 Å². The number of hydrogen-bond donors (Lipinski definition) is 1. The van der Waals surface area contributed by atoms with Crippen LogP contribution in [0.15, 0.2) is 66.4 Å². The highest BCUT2D eigenvalue weighted by Gasteiger charge is 2.20. The number of pyridine rings is 1. The first-order valence-electron chi connectivity index (χ1n) is 9.23. The number of carboxylic acid groups (broad SMARTS) is 1. The van der Waals surface area contributed by atoms with E-state index in [1.807, 2.05) is 54.7 Å². The largest absolute Gasteiger partial charge is 0.497 e. The van der Waals surface area contributed by atoms with Crippen molar-refractivity contribution in [3.63, 3.8) is 0 Å². The minimum absolute atomic E-state index is 0.282. The van der Waals surface area contributed by atoms with Gasteiger partial charge < -0.3 is 14.2 Å². The summed E-state index contributed by atoms with van der Waals surface area (Å²) in [6, 6.07) is 19.6. The zero-order chi connectivity index (χ0) is 21.3. The van der Waals surface area contributed by atoms with Crippen LogP contribution in [-0.4, -0.2) is 22.6 Å². The highest BCUT2D eigenvalue weighted by Crippen LogP contribution is 2.42. The van der Waals surface area contributed by atoms with Crippen LogP contribution < -0.4 is 4.74 Å². The highest BCUT2D eigenvalue weighted by molar-refractivity contribution is 7.16. The van der Waals surface area contributed by atoms with Crippen LogP contribution >= 0.6 is 11.3 Å². The summed E-state index contributed by atoms with van der Waals surface area (Å²) in [4.78, 5) is 12.9. The Kier molecular flexibility index (Phi) is 5.13. The summed E-state index contributed by atoms with van der Waals surface area (Å²) in [5.41, 5.74) is 5.19. The maximum atomic E-state index is 11.2. The standard InChI is InChI=1S/C24H18N2O3S/c1-15-20-5-3-4-12-26(20)23(22(15)16-6-8-18(29-2)9-7-16)21-11-10-19(30-21)13-17(14-25)24(27)28/h3-13H,1-2H3,(H,27,28)/b17-13+. The second-order valence-corrected chi connectivity index (χ2v) is 7.83. The van der Waals surface area contributed by atoms with Gasteiger partial charge in [-0.05, 0) is 60.5 Å². The third-order valence-corrected chi connectivity index (χ3v) is 6.01. The van der Waals surface area contributed by atoms with E-state index in [0.29, 0.717) is 4.88 Å². The molecule has 0 aliphatic rings. The van der Waals surface area contributed by atoms with Crippen molar-refractivity contribution >= 4 is 28.9 Å². The Hall–Kier alpha value is -3.82. The summed E-state index contributed by atoms with van der Waals surface area (Å²) in [6.45, 7) is 2.10. The molecule has 0 saturated carbocycles. The second kappa shape index (κ2) is 7.90. The van der Waals surface area contributed by atoms with Crippen LogP contribution in [0.25, 0.3) is 33.3 Å². The number of benzene rings is 1. The van der Waals surface area contributed by atoms with E-state index in [0.717, 1.165) is 38.5 Å². The number of aromatic nitrogens is 1. The average molecular weight is 414 g/mol. The molecular formula is C24H18N2O3S. The molecule has 1 N–H and O–H groups in total. The molecule has 0 unspecified atom stereocenters. The Balaban J connectivity index is 1.93. The predicted octanol–water partition coefficient (Wildman–Crippen LogP) is 5.64. The van der Waals surface area contributed by atoms with E-state index in [9.17, 15) is 4.79 Å². The molecule has 0 radical (unpaired) electrons. The SMILES string of the molecule is COc1ccc(-c2c(C)c3ccccn3c2-c2ccc(/C=C(\C#N)C(=O)O)s2)cc1. The normalized spacial score (nSPS) is 11.4. The van der Waals surface area contributed by atoms with E-state index in [-0.39, 0.29) is 5.57 Å². The minimum Gasteiger partial charge on any atom is -0.497 e. The Labute approximate surface area is 177 Å². The Bertz CT molecular complexity index is 1320. The average Bonchev–Trinajstić information content (AvgIpc) is 3.34. The van der Waals surface area contributed by atoms with Crippen LogP contribution in [0.1, 0.15) is 10.4 Å². The molecule has 0 fully saturated rings. The van der Waals surface area contributed by atoms with E-state index >= 15 is 0 Å². The smallest absolute Gasteiger partial charge is 0.346 e. The number of rotatable bonds is 5. The molecule has 3 aromatic heterocycles. The number of nitrogens with zero attached hydrogens (tertiary/aromatic N) is 2. The van der Waals surface area contributed by atoms with Gasteiger partial charge in [0.05, 0.1) is 17.7 Å². The molecule has 6 heteroatoms. The summed E-state index contributed by atoms with van der Waals surface area (Å²) < 4.78 is 7.44. The molecule has 0 aliphatic carbocycles. The molecule has 0 aliphatic heterocycles. The lowest BCUT2D eigenvalue weighted by Crippen LogP contribution is -1.96. The number of carbonyl (C=O) groups is 1. The Morgan fingerprint density at radius 1 is 1.17 bits per heavy atom. The lowest BCUT2D eigenvalue weighted by atomic mass is 10.0. The lowest BCUT2D eigenvalue weighted by molar-refractivity contribution is -0.132. The Morgan fingerprint density at radius 2 is 1.93 bits per heavy atom. The molecule has 4 rings (SSSR count). The van der Waals surface area contributed by atoms with Crippen molar-refractivity contribution in [3.8, 4) is 33.5 Å². The molecule has 5 nitrogen and oxygen atoms in total. The molecule has 0 spiro atoms. The van der Waals surface area contributed by atoms with Gasteiger partial charge in [-0.1, -0.05) is 18.2 Å². The lowest BCUT2D eigenvalue weighted by Gasteiger charge is -2.07. The maximum absolute atomic E-state index is 11.2. The summed E-state index contributed by atoms with van der Waals surface area (Å²) >= 11 is 1.46. The number of thiophene rings is 1. The van der Waals surface area contributed by atoms with E-state index in [2.05, 4.69) is 17.4 Å². The van der Waals surface area contributed by atoms with Gasteiger partial charge in [0.25, 0.3) is 0 Å². The molecule has 0 bridgehead atoms. The molecule has 148 valence electrons. The fourth-order valence-corrected chi connectivity index (χ4v) is 4.56. The van der Waals surface area contributed by atoms with Gasteiger partial charge in [0, 0.05) is 22.2 Å². The maximum Gasteiger partial charge on any atom is 0.346 e. The minimum atomic E-state index is -1.23. The molecule has 4 aromatic rings. The van der Waals surface area contributed by atoms with Gasteiger partial charge in [0.1, 0.15) is 17.4 Å². The van der Waals surface area contributed by atoms with Gasteiger partial charge in [-0.15, -0.1) is 11.3 Å². The van der Waals surface area contributed by atoms with E-state index in [1.54, 1.807) is 13.2 Å². The quantitative estimate of drug-likeness (QED) is 0.339. The van der Waals surface area contributed by atoms with Crippen LogP contribution in [0.2, 0.25) is 0 Å². The van der Waals surface area contributed by atoms with Crippen molar-refractivity contribution < 1.29 is 14.6 Å². The zero-order valence-electron chi connectivity index (χ0n) is 16.4. The Morgan fingerprint density at radius 3 is 2.60 bits per heavy atom. The summed E-state index contributed by atoms with van der Waals surface area (Å²) in [6.07, 6.45) is 3.43. The first-order valence-corrected chi connectivity index (χ1v) is 10.0. The third kappa shape index (κ3) is 3.36. The van der Waals surface area contributed by atoms with E-state index in [1.165, 1.54) is 17.4 Å². The first kappa shape index (κ1) is 19.5. The van der Waals surface area contributed by atoms with E-state index in [4.69, 9.17) is 15.1 Å². The van der Waals surface area contributed by atoms with Gasteiger partial charge in [-0.3, -0.25) is 0 Å².